The minimum absolute atomic E-state index is 0.0283. The number of carbonyl (C=O) groups excluding carboxylic acids is 1. The van der Waals surface area contributed by atoms with Gasteiger partial charge in [-0.05, 0) is 0 Å². The van der Waals surface area contributed by atoms with Gasteiger partial charge in [-0.25, -0.2) is 4.98 Å². The Kier molecular flexibility index (Phi) is 1.42. The van der Waals surface area contributed by atoms with Crippen molar-refractivity contribution < 1.29 is 4.79 Å². The largest absolute Gasteiger partial charge is 0.351 e. The maximum Gasteiger partial charge on any atom is 0.263 e. The van der Waals surface area contributed by atoms with Crippen molar-refractivity contribution in [2.24, 2.45) is 0 Å². The Bertz CT molecular complexity index is 294. The molecule has 0 aliphatic carbocycles. The van der Waals surface area contributed by atoms with Crippen molar-refractivity contribution in [3.8, 4) is 0 Å². The van der Waals surface area contributed by atoms with E-state index in [1.807, 2.05) is 0 Å². The topological polar surface area (TPSA) is 42.0 Å². The summed E-state index contributed by atoms with van der Waals surface area (Å²) in [5, 5.41) is 2.81. The molecule has 4 heteroatoms. The maximum atomic E-state index is 11.2. The minimum atomic E-state index is 0.0283. The zero-order valence-corrected chi connectivity index (χ0v) is 6.94. The van der Waals surface area contributed by atoms with E-state index in [1.165, 1.54) is 11.3 Å². The summed E-state index contributed by atoms with van der Waals surface area (Å²) >= 11 is 1.41. The van der Waals surface area contributed by atoms with Gasteiger partial charge in [0, 0.05) is 12.5 Å². The van der Waals surface area contributed by atoms with E-state index in [0.717, 1.165) is 17.1 Å². The van der Waals surface area contributed by atoms with Crippen LogP contribution < -0.4 is 5.32 Å². The van der Waals surface area contributed by atoms with Crippen LogP contribution in [0.1, 0.15) is 28.2 Å². The molecular formula is C7H8N2OS. The van der Waals surface area contributed by atoms with Crippen LogP contribution >= 0.6 is 11.3 Å². The molecule has 1 amide bonds. The lowest BCUT2D eigenvalue weighted by Crippen LogP contribution is -2.33. The molecule has 1 atom stereocenters. The van der Waals surface area contributed by atoms with Crippen LogP contribution in [0, 0.1) is 0 Å². The molecule has 1 aliphatic rings. The lowest BCUT2D eigenvalue weighted by Gasteiger charge is -2.17. The average Bonchev–Trinajstić information content (AvgIpc) is 2.45. The fraction of sp³-hybridized carbons (Fsp3) is 0.429. The lowest BCUT2D eigenvalue weighted by atomic mass is 10.0. The second-order valence-corrected chi connectivity index (χ2v) is 3.53. The van der Waals surface area contributed by atoms with Gasteiger partial charge in [0.05, 0.1) is 11.2 Å². The summed E-state index contributed by atoms with van der Waals surface area (Å²) in [5.41, 5.74) is 2.69. The number of amides is 1. The third kappa shape index (κ3) is 0.939. The number of thiazole rings is 1. The molecular weight excluding hydrogens is 160 g/mol. The summed E-state index contributed by atoms with van der Waals surface area (Å²) in [6.45, 7) is 2.79. The lowest BCUT2D eigenvalue weighted by molar-refractivity contribution is 0.0945. The Hall–Kier alpha value is -0.900. The van der Waals surface area contributed by atoms with Gasteiger partial charge in [-0.15, -0.1) is 11.3 Å². The van der Waals surface area contributed by atoms with Gasteiger partial charge >= 0.3 is 0 Å². The molecule has 2 rings (SSSR count). The van der Waals surface area contributed by atoms with Crippen molar-refractivity contribution in [2.45, 2.75) is 12.8 Å². The van der Waals surface area contributed by atoms with Crippen LogP contribution in [-0.4, -0.2) is 17.4 Å². The first-order valence-corrected chi connectivity index (χ1v) is 4.38. The second-order valence-electron chi connectivity index (χ2n) is 2.68. The van der Waals surface area contributed by atoms with Gasteiger partial charge in [-0.1, -0.05) is 6.92 Å². The molecule has 1 unspecified atom stereocenters. The highest BCUT2D eigenvalue weighted by molar-refractivity contribution is 7.11. The SMILES string of the molecule is CC1CNC(=O)c2scnc21. The second kappa shape index (κ2) is 2.30. The summed E-state index contributed by atoms with van der Waals surface area (Å²) in [4.78, 5) is 16.1. The predicted molar refractivity (Wildman–Crippen MR) is 42.9 cm³/mol. The molecule has 1 aromatic rings. The Labute approximate surface area is 68.5 Å². The smallest absolute Gasteiger partial charge is 0.263 e. The van der Waals surface area contributed by atoms with Crippen LogP contribution in [0.5, 0.6) is 0 Å². The quantitative estimate of drug-likeness (QED) is 0.627. The fourth-order valence-corrected chi connectivity index (χ4v) is 2.02. The average molecular weight is 168 g/mol. The van der Waals surface area contributed by atoms with Crippen LogP contribution in [-0.2, 0) is 0 Å². The summed E-state index contributed by atoms with van der Waals surface area (Å²) in [5.74, 6) is 0.398. The van der Waals surface area contributed by atoms with Crippen molar-refractivity contribution in [2.75, 3.05) is 6.54 Å². The molecule has 3 nitrogen and oxygen atoms in total. The van der Waals surface area contributed by atoms with Crippen LogP contribution in [0.2, 0.25) is 0 Å². The van der Waals surface area contributed by atoms with Gasteiger partial charge in [0.1, 0.15) is 4.88 Å². The van der Waals surface area contributed by atoms with Crippen molar-refractivity contribution in [1.29, 1.82) is 0 Å². The van der Waals surface area contributed by atoms with Crippen molar-refractivity contribution in [3.63, 3.8) is 0 Å². The maximum absolute atomic E-state index is 11.2. The molecule has 1 N–H and O–H groups in total. The first kappa shape index (κ1) is 6.79. The van der Waals surface area contributed by atoms with Crippen LogP contribution in [0.4, 0.5) is 0 Å². The third-order valence-corrected chi connectivity index (χ3v) is 2.68. The van der Waals surface area contributed by atoms with E-state index in [0.29, 0.717) is 5.92 Å². The summed E-state index contributed by atoms with van der Waals surface area (Å²) in [6.07, 6.45) is 0. The van der Waals surface area contributed by atoms with E-state index in [1.54, 1.807) is 5.51 Å². The molecule has 0 aromatic carbocycles. The van der Waals surface area contributed by atoms with Crippen molar-refractivity contribution in [3.05, 3.63) is 16.1 Å². The highest BCUT2D eigenvalue weighted by Crippen LogP contribution is 2.24. The standard InChI is InChI=1S/C7H8N2OS/c1-4-2-8-7(10)6-5(4)9-3-11-6/h3-4H,2H2,1H3,(H,8,10). The van der Waals surface area contributed by atoms with Crippen molar-refractivity contribution in [1.82, 2.24) is 10.3 Å². The van der Waals surface area contributed by atoms with E-state index in [-0.39, 0.29) is 5.91 Å². The normalized spacial score (nSPS) is 22.6. The predicted octanol–water partition coefficient (Wildman–Crippen LogP) is 0.990. The monoisotopic (exact) mass is 168 g/mol. The highest BCUT2D eigenvalue weighted by atomic mass is 32.1. The van der Waals surface area contributed by atoms with Gasteiger partial charge in [-0.2, -0.15) is 0 Å². The van der Waals surface area contributed by atoms with Gasteiger partial charge in [0.15, 0.2) is 0 Å². The Morgan fingerprint density at radius 1 is 1.82 bits per heavy atom. The van der Waals surface area contributed by atoms with E-state index in [4.69, 9.17) is 0 Å². The van der Waals surface area contributed by atoms with E-state index < -0.39 is 0 Å². The number of fused-ring (bicyclic) bond motifs is 1. The first-order chi connectivity index (χ1) is 5.29. The molecule has 58 valence electrons. The van der Waals surface area contributed by atoms with E-state index >= 15 is 0 Å². The number of hydrogen-bond donors (Lipinski definition) is 1. The number of carbonyl (C=O) groups is 1. The Morgan fingerprint density at radius 3 is 3.36 bits per heavy atom. The van der Waals surface area contributed by atoms with Gasteiger partial charge < -0.3 is 5.32 Å². The van der Waals surface area contributed by atoms with Gasteiger partial charge in [0.2, 0.25) is 0 Å². The number of nitrogens with one attached hydrogen (secondary N) is 1. The first-order valence-electron chi connectivity index (χ1n) is 3.50. The zero-order chi connectivity index (χ0) is 7.84. The Morgan fingerprint density at radius 2 is 2.64 bits per heavy atom. The summed E-state index contributed by atoms with van der Waals surface area (Å²) in [6, 6.07) is 0. The molecule has 1 aliphatic heterocycles. The Balaban J connectivity index is 2.51. The molecule has 0 saturated heterocycles. The molecule has 1 aromatic heterocycles. The molecule has 0 fully saturated rings. The molecule has 0 saturated carbocycles. The number of nitrogens with zero attached hydrogens (tertiary/aromatic N) is 1. The minimum Gasteiger partial charge on any atom is -0.351 e. The summed E-state index contributed by atoms with van der Waals surface area (Å²) < 4.78 is 0. The van der Waals surface area contributed by atoms with Crippen LogP contribution in [0.3, 0.4) is 0 Å². The zero-order valence-electron chi connectivity index (χ0n) is 6.13. The van der Waals surface area contributed by atoms with Crippen LogP contribution in [0.15, 0.2) is 5.51 Å². The number of hydrogen-bond acceptors (Lipinski definition) is 3. The molecule has 2 heterocycles. The number of rotatable bonds is 0. The highest BCUT2D eigenvalue weighted by Gasteiger charge is 2.24. The third-order valence-electron chi connectivity index (χ3n) is 1.84. The van der Waals surface area contributed by atoms with E-state index in [2.05, 4.69) is 17.2 Å². The summed E-state index contributed by atoms with van der Waals surface area (Å²) in [7, 11) is 0. The van der Waals surface area contributed by atoms with E-state index in [9.17, 15) is 4.79 Å². The molecule has 0 spiro atoms. The molecule has 0 radical (unpaired) electrons. The van der Waals surface area contributed by atoms with Crippen LogP contribution in [0.25, 0.3) is 0 Å². The fourth-order valence-electron chi connectivity index (χ4n) is 1.20. The van der Waals surface area contributed by atoms with Gasteiger partial charge in [-0.3, -0.25) is 4.79 Å². The van der Waals surface area contributed by atoms with Gasteiger partial charge in [0.25, 0.3) is 5.91 Å². The molecule has 0 bridgehead atoms. The number of aromatic nitrogens is 1. The molecule has 11 heavy (non-hydrogen) atoms. The van der Waals surface area contributed by atoms with Crippen molar-refractivity contribution >= 4 is 17.2 Å².